The topological polar surface area (TPSA) is 52.6 Å². The summed E-state index contributed by atoms with van der Waals surface area (Å²) in [5.41, 5.74) is 1.89. The minimum atomic E-state index is 0.0954. The number of nitrogens with one attached hydrogen (secondary N) is 1. The van der Waals surface area contributed by atoms with E-state index in [9.17, 15) is 4.79 Å². The Hall–Kier alpha value is -1.39. The highest BCUT2D eigenvalue weighted by atomic mass is 16.3. The molecule has 1 aliphatic heterocycles. The van der Waals surface area contributed by atoms with Gasteiger partial charge in [0.1, 0.15) is 0 Å². The van der Waals surface area contributed by atoms with Crippen LogP contribution >= 0.6 is 0 Å². The molecule has 2 N–H and O–H groups in total. The maximum atomic E-state index is 11.3. The number of hydrogen-bond acceptors (Lipinski definition) is 4. The molecule has 104 valence electrons. The Morgan fingerprint density at radius 2 is 2.11 bits per heavy atom. The van der Waals surface area contributed by atoms with Crippen LogP contribution < -0.4 is 10.2 Å². The molecule has 1 saturated heterocycles. The van der Waals surface area contributed by atoms with Gasteiger partial charge in [0.15, 0.2) is 5.78 Å². The van der Waals surface area contributed by atoms with Crippen molar-refractivity contribution in [3.05, 3.63) is 29.8 Å². The first kappa shape index (κ1) is 14.0. The van der Waals surface area contributed by atoms with Crippen LogP contribution in [-0.2, 0) is 0 Å². The summed E-state index contributed by atoms with van der Waals surface area (Å²) in [7, 11) is 0. The number of rotatable bonds is 4. The smallest absolute Gasteiger partial charge is 0.159 e. The summed E-state index contributed by atoms with van der Waals surface area (Å²) >= 11 is 0. The van der Waals surface area contributed by atoms with Crippen LogP contribution in [0.5, 0.6) is 0 Å². The van der Waals surface area contributed by atoms with Crippen molar-refractivity contribution in [2.24, 2.45) is 0 Å². The second kappa shape index (κ2) is 6.17. The van der Waals surface area contributed by atoms with Gasteiger partial charge < -0.3 is 15.3 Å². The fourth-order valence-corrected chi connectivity index (χ4v) is 2.53. The van der Waals surface area contributed by atoms with Crippen LogP contribution in [0.1, 0.15) is 30.6 Å². The molecule has 2 rings (SSSR count). The van der Waals surface area contributed by atoms with E-state index in [1.54, 1.807) is 6.92 Å². The van der Waals surface area contributed by atoms with E-state index in [0.717, 1.165) is 30.8 Å². The Kier molecular flexibility index (Phi) is 4.56. The first-order valence-electron chi connectivity index (χ1n) is 6.83. The Labute approximate surface area is 114 Å². The van der Waals surface area contributed by atoms with Gasteiger partial charge in [0.2, 0.25) is 0 Å². The number of benzene rings is 1. The van der Waals surface area contributed by atoms with Crippen molar-refractivity contribution in [1.29, 1.82) is 0 Å². The monoisotopic (exact) mass is 262 g/mol. The van der Waals surface area contributed by atoms with E-state index in [1.165, 1.54) is 0 Å². The van der Waals surface area contributed by atoms with Gasteiger partial charge in [-0.25, -0.2) is 0 Å². The zero-order valence-corrected chi connectivity index (χ0v) is 11.6. The first-order chi connectivity index (χ1) is 9.11. The van der Waals surface area contributed by atoms with E-state index >= 15 is 0 Å². The van der Waals surface area contributed by atoms with E-state index in [4.69, 9.17) is 5.11 Å². The van der Waals surface area contributed by atoms with Crippen LogP contribution in [0, 0.1) is 0 Å². The molecule has 0 spiro atoms. The van der Waals surface area contributed by atoms with Crippen LogP contribution in [0.3, 0.4) is 0 Å². The number of anilines is 1. The van der Waals surface area contributed by atoms with Crippen LogP contribution in [0.4, 0.5) is 5.69 Å². The maximum absolute atomic E-state index is 11.3. The number of hydrogen-bond donors (Lipinski definition) is 2. The van der Waals surface area contributed by atoms with Crippen molar-refractivity contribution in [2.75, 3.05) is 24.6 Å². The third kappa shape index (κ3) is 3.33. The molecule has 1 aromatic rings. The van der Waals surface area contributed by atoms with Crippen LogP contribution in [-0.4, -0.2) is 42.7 Å². The molecule has 0 aliphatic carbocycles. The van der Waals surface area contributed by atoms with Crippen molar-refractivity contribution < 1.29 is 9.90 Å². The average molecular weight is 262 g/mol. The lowest BCUT2D eigenvalue weighted by Gasteiger charge is -2.40. The second-order valence-electron chi connectivity index (χ2n) is 5.22. The predicted molar refractivity (Wildman–Crippen MR) is 76.7 cm³/mol. The number of carbonyl (C=O) groups is 1. The molecule has 19 heavy (non-hydrogen) atoms. The molecule has 0 aromatic heterocycles. The van der Waals surface area contributed by atoms with Crippen molar-refractivity contribution in [2.45, 2.75) is 32.4 Å². The number of Topliss-reactive ketones (excluding diaryl/α,β-unsaturated/α-hetero) is 1. The molecule has 4 nitrogen and oxygen atoms in total. The summed E-state index contributed by atoms with van der Waals surface area (Å²) < 4.78 is 0. The van der Waals surface area contributed by atoms with Gasteiger partial charge >= 0.3 is 0 Å². The molecule has 1 heterocycles. The number of piperazine rings is 1. The lowest BCUT2D eigenvalue weighted by molar-refractivity contribution is 0.101. The van der Waals surface area contributed by atoms with Gasteiger partial charge in [-0.05, 0) is 44.5 Å². The number of aliphatic hydroxyl groups is 1. The molecule has 1 fully saturated rings. The SMILES string of the molecule is CC(=O)c1ccc(N2CC(CCO)NCC2C)cc1. The molecule has 0 saturated carbocycles. The summed E-state index contributed by atoms with van der Waals surface area (Å²) in [5.74, 6) is 0.0954. The maximum Gasteiger partial charge on any atom is 0.159 e. The van der Waals surface area contributed by atoms with Crippen LogP contribution in [0.2, 0.25) is 0 Å². The number of ketones is 1. The van der Waals surface area contributed by atoms with Crippen LogP contribution in [0.25, 0.3) is 0 Å². The zero-order chi connectivity index (χ0) is 13.8. The highest BCUT2D eigenvalue weighted by Crippen LogP contribution is 2.21. The first-order valence-corrected chi connectivity index (χ1v) is 6.83. The number of carbonyl (C=O) groups excluding carboxylic acids is 1. The normalized spacial score (nSPS) is 23.4. The quantitative estimate of drug-likeness (QED) is 0.806. The molecule has 1 aliphatic rings. The Morgan fingerprint density at radius 1 is 1.42 bits per heavy atom. The van der Waals surface area contributed by atoms with Gasteiger partial charge in [-0.15, -0.1) is 0 Å². The van der Waals surface area contributed by atoms with E-state index in [0.29, 0.717) is 12.1 Å². The molecular weight excluding hydrogens is 240 g/mol. The van der Waals surface area contributed by atoms with Gasteiger partial charge in [0.25, 0.3) is 0 Å². The van der Waals surface area contributed by atoms with Gasteiger partial charge in [0.05, 0.1) is 0 Å². The summed E-state index contributed by atoms with van der Waals surface area (Å²) in [6, 6.07) is 8.52. The van der Waals surface area contributed by atoms with Gasteiger partial charge in [-0.2, -0.15) is 0 Å². The Morgan fingerprint density at radius 3 is 2.68 bits per heavy atom. The number of nitrogens with zero attached hydrogens (tertiary/aromatic N) is 1. The fourth-order valence-electron chi connectivity index (χ4n) is 2.53. The molecule has 0 bridgehead atoms. The van der Waals surface area contributed by atoms with Crippen molar-refractivity contribution in [1.82, 2.24) is 5.32 Å². The molecule has 0 radical (unpaired) electrons. The van der Waals surface area contributed by atoms with Gasteiger partial charge in [-0.3, -0.25) is 4.79 Å². The number of aliphatic hydroxyl groups excluding tert-OH is 1. The summed E-state index contributed by atoms with van der Waals surface area (Å²) in [4.78, 5) is 13.6. The third-order valence-corrected chi connectivity index (χ3v) is 3.73. The molecule has 1 aromatic carbocycles. The van der Waals surface area contributed by atoms with Crippen molar-refractivity contribution in [3.8, 4) is 0 Å². The molecule has 0 amide bonds. The molecule has 2 unspecified atom stereocenters. The minimum absolute atomic E-state index is 0.0954. The molecule has 2 atom stereocenters. The van der Waals surface area contributed by atoms with Crippen molar-refractivity contribution >= 4 is 11.5 Å². The molecular formula is C15H22N2O2. The predicted octanol–water partition coefficient (Wildman–Crippen LogP) is 1.44. The van der Waals surface area contributed by atoms with E-state index < -0.39 is 0 Å². The minimum Gasteiger partial charge on any atom is -0.396 e. The van der Waals surface area contributed by atoms with Gasteiger partial charge in [-0.1, -0.05) is 0 Å². The lowest BCUT2D eigenvalue weighted by atomic mass is 10.1. The average Bonchev–Trinajstić information content (AvgIpc) is 2.41. The second-order valence-corrected chi connectivity index (χ2v) is 5.22. The largest absolute Gasteiger partial charge is 0.396 e. The van der Waals surface area contributed by atoms with Crippen molar-refractivity contribution in [3.63, 3.8) is 0 Å². The molecule has 4 heteroatoms. The van der Waals surface area contributed by atoms with E-state index in [1.807, 2.05) is 24.3 Å². The Balaban J connectivity index is 2.11. The highest BCUT2D eigenvalue weighted by molar-refractivity contribution is 5.94. The zero-order valence-electron chi connectivity index (χ0n) is 11.6. The lowest BCUT2D eigenvalue weighted by Crippen LogP contribution is -2.55. The standard InChI is InChI=1S/C15H22N2O2/c1-11-9-16-14(7-8-18)10-17(11)15-5-3-13(4-6-15)12(2)19/h3-6,11,14,16,18H,7-10H2,1-2H3. The van der Waals surface area contributed by atoms with Gasteiger partial charge in [0, 0.05) is 43.0 Å². The highest BCUT2D eigenvalue weighted by Gasteiger charge is 2.24. The third-order valence-electron chi connectivity index (χ3n) is 3.73. The summed E-state index contributed by atoms with van der Waals surface area (Å²) in [5, 5.41) is 12.5. The van der Waals surface area contributed by atoms with E-state index in [-0.39, 0.29) is 12.4 Å². The van der Waals surface area contributed by atoms with E-state index in [2.05, 4.69) is 17.1 Å². The Bertz CT molecular complexity index is 430. The van der Waals surface area contributed by atoms with Crippen LogP contribution in [0.15, 0.2) is 24.3 Å². The summed E-state index contributed by atoms with van der Waals surface area (Å²) in [6.45, 7) is 5.78. The summed E-state index contributed by atoms with van der Waals surface area (Å²) in [6.07, 6.45) is 0.773. The fraction of sp³-hybridized carbons (Fsp3) is 0.533.